The molecular formula is C21H31N3O2. The van der Waals surface area contributed by atoms with Crippen LogP contribution < -0.4 is 5.32 Å². The van der Waals surface area contributed by atoms with Gasteiger partial charge in [-0.3, -0.25) is 9.59 Å². The average molecular weight is 357 g/mol. The molecule has 1 aromatic carbocycles. The summed E-state index contributed by atoms with van der Waals surface area (Å²) in [4.78, 5) is 29.1. The molecule has 2 fully saturated rings. The fourth-order valence-electron chi connectivity index (χ4n) is 4.20. The van der Waals surface area contributed by atoms with E-state index in [0.717, 1.165) is 52.0 Å². The predicted molar refractivity (Wildman–Crippen MR) is 103 cm³/mol. The van der Waals surface area contributed by atoms with E-state index in [9.17, 15) is 9.59 Å². The Morgan fingerprint density at radius 3 is 2.27 bits per heavy atom. The molecule has 0 saturated carbocycles. The summed E-state index contributed by atoms with van der Waals surface area (Å²) in [5.74, 6) is 0.132. The fourth-order valence-corrected chi connectivity index (χ4v) is 4.20. The van der Waals surface area contributed by atoms with E-state index < -0.39 is 0 Å². The van der Waals surface area contributed by atoms with Gasteiger partial charge in [-0.15, -0.1) is 0 Å². The van der Waals surface area contributed by atoms with Crippen LogP contribution in [-0.2, 0) is 0 Å². The number of piperidine rings is 1. The maximum absolute atomic E-state index is 12.8. The van der Waals surface area contributed by atoms with Crippen molar-refractivity contribution in [2.75, 3.05) is 39.3 Å². The zero-order valence-electron chi connectivity index (χ0n) is 16.1. The second-order valence-electron chi connectivity index (χ2n) is 7.68. The number of likely N-dealkylation sites (tertiary alicyclic amines) is 1. The highest BCUT2D eigenvalue weighted by Gasteiger charge is 2.38. The largest absolute Gasteiger partial charge is 0.339 e. The molecule has 0 atom stereocenters. The number of nitrogens with one attached hydrogen (secondary N) is 1. The molecule has 26 heavy (non-hydrogen) atoms. The Morgan fingerprint density at radius 1 is 1.08 bits per heavy atom. The van der Waals surface area contributed by atoms with Gasteiger partial charge >= 0.3 is 0 Å². The van der Waals surface area contributed by atoms with Crippen molar-refractivity contribution in [1.82, 2.24) is 15.1 Å². The Kier molecular flexibility index (Phi) is 5.97. The monoisotopic (exact) mass is 357 g/mol. The van der Waals surface area contributed by atoms with Crippen LogP contribution in [0.1, 0.15) is 60.2 Å². The van der Waals surface area contributed by atoms with Gasteiger partial charge in [-0.2, -0.15) is 0 Å². The number of rotatable bonds is 5. The third kappa shape index (κ3) is 3.93. The molecule has 2 aliphatic heterocycles. The van der Waals surface area contributed by atoms with Crippen molar-refractivity contribution < 1.29 is 9.59 Å². The topological polar surface area (TPSA) is 52.7 Å². The summed E-state index contributed by atoms with van der Waals surface area (Å²) in [6.07, 6.45) is 4.36. The predicted octanol–water partition coefficient (Wildman–Crippen LogP) is 2.77. The van der Waals surface area contributed by atoms with Crippen LogP contribution in [0.2, 0.25) is 0 Å². The van der Waals surface area contributed by atoms with Gasteiger partial charge in [-0.25, -0.2) is 0 Å². The molecule has 2 saturated heterocycles. The van der Waals surface area contributed by atoms with E-state index in [1.54, 1.807) is 24.3 Å². The first kappa shape index (κ1) is 18.9. The normalized spacial score (nSPS) is 18.9. The summed E-state index contributed by atoms with van der Waals surface area (Å²) >= 11 is 0. The Hall–Kier alpha value is -1.88. The maximum atomic E-state index is 12.8. The van der Waals surface area contributed by atoms with Crippen LogP contribution in [-0.4, -0.2) is 60.9 Å². The maximum Gasteiger partial charge on any atom is 0.253 e. The van der Waals surface area contributed by atoms with Gasteiger partial charge in [0, 0.05) is 43.9 Å². The molecule has 0 unspecified atom stereocenters. The zero-order valence-corrected chi connectivity index (χ0v) is 16.1. The van der Waals surface area contributed by atoms with Crippen LogP contribution in [0.4, 0.5) is 0 Å². The van der Waals surface area contributed by atoms with Crippen molar-refractivity contribution in [3.05, 3.63) is 35.4 Å². The number of carbonyl (C=O) groups excluding carboxylic acids is 2. The highest BCUT2D eigenvalue weighted by molar-refractivity contribution is 5.97. The minimum atomic E-state index is 0.0435. The van der Waals surface area contributed by atoms with Crippen LogP contribution in [0.15, 0.2) is 24.3 Å². The summed E-state index contributed by atoms with van der Waals surface area (Å²) in [6, 6.07) is 7.19. The van der Waals surface area contributed by atoms with Gasteiger partial charge in [-0.05, 0) is 68.8 Å². The van der Waals surface area contributed by atoms with E-state index in [2.05, 4.69) is 12.2 Å². The van der Waals surface area contributed by atoms with Crippen LogP contribution in [0.25, 0.3) is 0 Å². The summed E-state index contributed by atoms with van der Waals surface area (Å²) in [7, 11) is 0. The lowest BCUT2D eigenvalue weighted by Gasteiger charge is -2.38. The van der Waals surface area contributed by atoms with Gasteiger partial charge in [-0.1, -0.05) is 6.92 Å². The molecule has 2 heterocycles. The first-order valence-electron chi connectivity index (χ1n) is 9.98. The second-order valence-corrected chi connectivity index (χ2v) is 7.68. The minimum absolute atomic E-state index is 0.0435. The lowest BCUT2D eigenvalue weighted by atomic mass is 9.78. The third-order valence-electron chi connectivity index (χ3n) is 5.98. The van der Waals surface area contributed by atoms with Gasteiger partial charge in [0.25, 0.3) is 11.8 Å². The number of carbonyl (C=O) groups is 2. The molecule has 142 valence electrons. The highest BCUT2D eigenvalue weighted by Crippen LogP contribution is 2.37. The van der Waals surface area contributed by atoms with Crippen molar-refractivity contribution in [3.63, 3.8) is 0 Å². The number of nitrogens with zero attached hydrogens (tertiary/aromatic N) is 2. The molecule has 0 aliphatic carbocycles. The van der Waals surface area contributed by atoms with Gasteiger partial charge < -0.3 is 15.1 Å². The van der Waals surface area contributed by atoms with Gasteiger partial charge in [0.1, 0.15) is 0 Å². The smallest absolute Gasteiger partial charge is 0.253 e. The van der Waals surface area contributed by atoms with Crippen molar-refractivity contribution in [2.24, 2.45) is 5.41 Å². The molecule has 1 spiro atoms. The molecule has 0 aromatic heterocycles. The van der Waals surface area contributed by atoms with E-state index in [4.69, 9.17) is 0 Å². The fraction of sp³-hybridized carbons (Fsp3) is 0.619. The molecule has 5 heteroatoms. The van der Waals surface area contributed by atoms with Crippen molar-refractivity contribution in [1.29, 1.82) is 0 Å². The van der Waals surface area contributed by atoms with Gasteiger partial charge in [0.15, 0.2) is 0 Å². The second kappa shape index (κ2) is 8.21. The van der Waals surface area contributed by atoms with Crippen LogP contribution in [0, 0.1) is 5.41 Å². The standard InChI is InChI=1S/C21H31N3O2/c1-3-13-23(4-2)19(25)17-5-7-18(8-6-17)20(26)24-14-10-21(11-15-24)9-12-22-16-21/h5-8,22H,3-4,9-16H2,1-2H3. The quantitative estimate of drug-likeness (QED) is 0.882. The molecule has 0 bridgehead atoms. The number of amides is 2. The zero-order chi connectivity index (χ0) is 18.6. The third-order valence-corrected chi connectivity index (χ3v) is 5.98. The van der Waals surface area contributed by atoms with Gasteiger partial charge in [0.2, 0.25) is 0 Å². The molecule has 2 aliphatic rings. The summed E-state index contributed by atoms with van der Waals surface area (Å²) in [5.41, 5.74) is 1.75. The Bertz CT molecular complexity index is 625. The number of hydrogen-bond donors (Lipinski definition) is 1. The van der Waals surface area contributed by atoms with Crippen LogP contribution in [0.3, 0.4) is 0 Å². The lowest BCUT2D eigenvalue weighted by molar-refractivity contribution is 0.0607. The molecule has 1 aromatic rings. The summed E-state index contributed by atoms with van der Waals surface area (Å²) < 4.78 is 0. The lowest BCUT2D eigenvalue weighted by Crippen LogP contribution is -2.44. The minimum Gasteiger partial charge on any atom is -0.339 e. The molecule has 3 rings (SSSR count). The molecular weight excluding hydrogens is 326 g/mol. The average Bonchev–Trinajstić information content (AvgIpc) is 3.14. The van der Waals surface area contributed by atoms with E-state index >= 15 is 0 Å². The van der Waals surface area contributed by atoms with Crippen molar-refractivity contribution in [2.45, 2.75) is 39.5 Å². The van der Waals surface area contributed by atoms with E-state index in [0.29, 0.717) is 23.1 Å². The van der Waals surface area contributed by atoms with E-state index in [1.807, 2.05) is 16.7 Å². The first-order chi connectivity index (χ1) is 12.6. The Labute approximate surface area is 156 Å². The van der Waals surface area contributed by atoms with Crippen molar-refractivity contribution in [3.8, 4) is 0 Å². The Balaban J connectivity index is 1.61. The first-order valence-corrected chi connectivity index (χ1v) is 9.98. The van der Waals surface area contributed by atoms with Crippen molar-refractivity contribution >= 4 is 11.8 Å². The number of benzene rings is 1. The molecule has 5 nitrogen and oxygen atoms in total. The van der Waals surface area contributed by atoms with Crippen LogP contribution in [0.5, 0.6) is 0 Å². The molecule has 0 radical (unpaired) electrons. The van der Waals surface area contributed by atoms with E-state index in [1.165, 1.54) is 6.42 Å². The summed E-state index contributed by atoms with van der Waals surface area (Å²) in [6.45, 7) is 9.41. The molecule has 1 N–H and O–H groups in total. The molecule has 2 amide bonds. The van der Waals surface area contributed by atoms with Crippen LogP contribution >= 0.6 is 0 Å². The van der Waals surface area contributed by atoms with E-state index in [-0.39, 0.29) is 11.8 Å². The Morgan fingerprint density at radius 2 is 1.73 bits per heavy atom. The highest BCUT2D eigenvalue weighted by atomic mass is 16.2. The number of hydrogen-bond acceptors (Lipinski definition) is 3. The van der Waals surface area contributed by atoms with Gasteiger partial charge in [0.05, 0.1) is 0 Å². The SMILES string of the molecule is CCCN(CC)C(=O)c1ccc(C(=O)N2CCC3(CCNC3)CC2)cc1. The summed E-state index contributed by atoms with van der Waals surface area (Å²) in [5, 5.41) is 3.46.